The molecule has 0 saturated carbocycles. The Hall–Kier alpha value is -6.85. The zero-order chi connectivity index (χ0) is 38.2. The number of hydrogen-bond acceptors (Lipinski definition) is 1. The third-order valence-corrected chi connectivity index (χ3v) is 16.9. The van der Waals surface area contributed by atoms with Crippen LogP contribution in [0.15, 0.2) is 238 Å². The largest absolute Gasteiger partial charge is 0.309 e. The van der Waals surface area contributed by atoms with Gasteiger partial charge < -0.3 is 9.13 Å². The van der Waals surface area contributed by atoms with E-state index in [2.05, 4.69) is 228 Å². The third-order valence-electron chi connectivity index (χ3n) is 11.8. The number of para-hydroxylation sites is 3. The Morgan fingerprint density at radius 1 is 0.276 bits per heavy atom. The van der Waals surface area contributed by atoms with Crippen molar-refractivity contribution in [2.24, 2.45) is 0 Å². The van der Waals surface area contributed by atoms with E-state index in [4.69, 9.17) is 0 Å². The summed E-state index contributed by atoms with van der Waals surface area (Å²) in [6.07, 6.45) is 0. The molecular weight excluding hydrogens is 741 g/mol. The first-order valence-electron chi connectivity index (χ1n) is 19.7. The Morgan fingerprint density at radius 2 is 0.655 bits per heavy atom. The van der Waals surface area contributed by atoms with Crippen LogP contribution in [0.2, 0.25) is 0 Å². The molecule has 12 rings (SSSR count). The molecule has 0 aliphatic carbocycles. The summed E-state index contributed by atoms with van der Waals surface area (Å²) in [5, 5.41) is 7.64. The van der Waals surface area contributed by atoms with Crippen LogP contribution < -0.4 is 0 Å². The normalized spacial score (nSPS) is 12.4. The molecule has 0 radical (unpaired) electrons. The Morgan fingerprint density at radius 3 is 1.10 bits per heavy atom. The van der Waals surface area contributed by atoms with Gasteiger partial charge in [0, 0.05) is 72.7 Å². The Kier molecular flexibility index (Phi) is 7.52. The van der Waals surface area contributed by atoms with Crippen LogP contribution in [0.5, 0.6) is 0 Å². The van der Waals surface area contributed by atoms with Crippen molar-refractivity contribution in [1.82, 2.24) is 9.13 Å². The van der Waals surface area contributed by atoms with Crippen molar-refractivity contribution in [2.75, 3.05) is 0 Å². The second-order valence-corrected chi connectivity index (χ2v) is 19.1. The minimum atomic E-state index is -1.83. The first-order chi connectivity index (χ1) is 28.8. The first kappa shape index (κ1) is 33.3. The van der Waals surface area contributed by atoms with Gasteiger partial charge in [0.25, 0.3) is 0 Å². The topological polar surface area (TPSA) is 9.86 Å². The Labute approximate surface area is 341 Å². The molecular formula is C54H36N2S2. The smallest absolute Gasteiger partial charge is 0.0541 e. The monoisotopic (exact) mass is 776 g/mol. The molecule has 12 aromatic rings. The third kappa shape index (κ3) is 4.86. The molecule has 0 atom stereocenters. The van der Waals surface area contributed by atoms with Crippen molar-refractivity contribution in [3.8, 4) is 11.4 Å². The maximum Gasteiger partial charge on any atom is 0.0541 e. The molecule has 0 amide bonds. The lowest BCUT2D eigenvalue weighted by molar-refractivity contribution is 1.18. The number of benzene rings is 9. The summed E-state index contributed by atoms with van der Waals surface area (Å²) in [6, 6.07) is 81.1. The minimum absolute atomic E-state index is 1.17. The van der Waals surface area contributed by atoms with E-state index >= 15 is 0 Å². The van der Waals surface area contributed by atoms with E-state index in [0.29, 0.717) is 0 Å². The van der Waals surface area contributed by atoms with Crippen molar-refractivity contribution in [3.05, 3.63) is 218 Å². The number of thiophene rings is 1. The van der Waals surface area contributed by atoms with Gasteiger partial charge in [0.15, 0.2) is 0 Å². The highest BCUT2D eigenvalue weighted by atomic mass is 32.3. The highest BCUT2D eigenvalue weighted by Crippen LogP contribution is 2.73. The summed E-state index contributed by atoms with van der Waals surface area (Å²) in [5.74, 6) is 0. The number of fused-ring (bicyclic) bond motifs is 9. The van der Waals surface area contributed by atoms with Crippen molar-refractivity contribution >= 4 is 85.1 Å². The number of nitrogens with zero attached hydrogens (tertiary/aromatic N) is 2. The van der Waals surface area contributed by atoms with E-state index in [1.54, 1.807) is 0 Å². The average Bonchev–Trinajstić information content (AvgIpc) is 3.95. The summed E-state index contributed by atoms with van der Waals surface area (Å²) in [5.41, 5.74) is 7.22. The lowest BCUT2D eigenvalue weighted by Gasteiger charge is -2.42. The number of aromatic nitrogens is 2. The van der Waals surface area contributed by atoms with Crippen LogP contribution in [0.25, 0.3) is 75.2 Å². The van der Waals surface area contributed by atoms with Crippen LogP contribution in [0.1, 0.15) is 0 Å². The number of hydrogen-bond donors (Lipinski definition) is 0. The molecule has 274 valence electrons. The van der Waals surface area contributed by atoms with Crippen molar-refractivity contribution < 1.29 is 0 Å². The number of rotatable bonds is 6. The lowest BCUT2D eigenvalue weighted by atomic mass is 10.1. The van der Waals surface area contributed by atoms with Gasteiger partial charge in [-0.3, -0.25) is 0 Å². The fraction of sp³-hybridized carbons (Fsp3) is 0. The maximum atomic E-state index is 2.49. The molecule has 0 bridgehead atoms. The molecule has 3 aromatic heterocycles. The van der Waals surface area contributed by atoms with Gasteiger partial charge in [-0.2, -0.15) is 0 Å². The van der Waals surface area contributed by atoms with Crippen molar-refractivity contribution in [3.63, 3.8) is 0 Å². The fourth-order valence-electron chi connectivity index (χ4n) is 9.34. The van der Waals surface area contributed by atoms with Gasteiger partial charge in [0.05, 0.1) is 22.1 Å². The Balaban J connectivity index is 1.08. The standard InChI is InChI=1S/C54H36N2S2/c1-4-16-39(17-5-1)58(40-18-6-2-7-19-40,41-20-8-3-9-21-41)42-30-31-52-46(36-42)45-24-12-15-27-51(45)56(52)38-29-33-54-48(35-38)47-34-37(28-32-53(47)57-54)55-49-25-13-10-22-43(49)44-23-11-14-26-50(44)55/h1-36H. The molecule has 3 heterocycles. The van der Waals surface area contributed by atoms with E-state index in [9.17, 15) is 0 Å². The summed E-state index contributed by atoms with van der Waals surface area (Å²) < 4.78 is 7.48. The predicted molar refractivity (Wildman–Crippen MR) is 248 cm³/mol. The maximum absolute atomic E-state index is 2.49. The van der Waals surface area contributed by atoms with E-state index < -0.39 is 10.0 Å². The van der Waals surface area contributed by atoms with Crippen LogP contribution in [-0.2, 0) is 0 Å². The second kappa shape index (κ2) is 13.1. The van der Waals surface area contributed by atoms with Gasteiger partial charge in [-0.15, -0.1) is 21.4 Å². The van der Waals surface area contributed by atoms with E-state index in [-0.39, 0.29) is 0 Å². The summed E-state index contributed by atoms with van der Waals surface area (Å²) in [4.78, 5) is 5.30. The summed E-state index contributed by atoms with van der Waals surface area (Å²) >= 11 is 1.87. The molecule has 58 heavy (non-hydrogen) atoms. The first-order valence-corrected chi connectivity index (χ1v) is 22.2. The van der Waals surface area contributed by atoms with E-state index in [1.165, 1.54) is 94.7 Å². The van der Waals surface area contributed by atoms with Gasteiger partial charge in [-0.25, -0.2) is 0 Å². The fourth-order valence-corrected chi connectivity index (χ4v) is 14.3. The highest BCUT2D eigenvalue weighted by Gasteiger charge is 2.33. The highest BCUT2D eigenvalue weighted by molar-refractivity contribution is 8.34. The van der Waals surface area contributed by atoms with Gasteiger partial charge in [-0.1, -0.05) is 109 Å². The predicted octanol–water partition coefficient (Wildman–Crippen LogP) is 15.6. The SMILES string of the molecule is c1ccc(S(c2ccccc2)(c2ccccc2)c2ccc3c(c2)c2ccccc2n3-c2ccc3sc4ccc(-n5c6ccccc6c6ccccc65)cc4c3c2)cc1. The van der Waals surface area contributed by atoms with Crippen LogP contribution in [-0.4, -0.2) is 9.13 Å². The van der Waals surface area contributed by atoms with E-state index in [1.807, 2.05) is 11.3 Å². The zero-order valence-corrected chi connectivity index (χ0v) is 33.1. The molecule has 4 heteroatoms. The van der Waals surface area contributed by atoms with Crippen molar-refractivity contribution in [2.45, 2.75) is 19.6 Å². The molecule has 0 aliphatic rings. The molecule has 0 spiro atoms. The molecule has 0 aliphatic heterocycles. The van der Waals surface area contributed by atoms with E-state index in [0.717, 1.165) is 0 Å². The van der Waals surface area contributed by atoms with Gasteiger partial charge >= 0.3 is 0 Å². The van der Waals surface area contributed by atoms with Gasteiger partial charge in [0.2, 0.25) is 0 Å². The second-order valence-electron chi connectivity index (χ2n) is 14.9. The zero-order valence-electron chi connectivity index (χ0n) is 31.5. The van der Waals surface area contributed by atoms with Crippen LogP contribution in [0.4, 0.5) is 0 Å². The summed E-state index contributed by atoms with van der Waals surface area (Å²) in [6.45, 7) is 0. The quantitative estimate of drug-likeness (QED) is 0.159. The molecule has 0 N–H and O–H groups in total. The van der Waals surface area contributed by atoms with Crippen LogP contribution in [0, 0.1) is 0 Å². The average molecular weight is 777 g/mol. The molecule has 9 aromatic carbocycles. The van der Waals surface area contributed by atoms with Gasteiger partial charge in [0.1, 0.15) is 0 Å². The van der Waals surface area contributed by atoms with Crippen LogP contribution in [0.3, 0.4) is 0 Å². The lowest BCUT2D eigenvalue weighted by Crippen LogP contribution is -2.05. The minimum Gasteiger partial charge on any atom is -0.309 e. The van der Waals surface area contributed by atoms with Crippen LogP contribution >= 0.6 is 21.4 Å². The molecule has 2 nitrogen and oxygen atoms in total. The van der Waals surface area contributed by atoms with Crippen molar-refractivity contribution in [1.29, 1.82) is 0 Å². The van der Waals surface area contributed by atoms with Gasteiger partial charge in [-0.05, 0) is 109 Å². The Bertz CT molecular complexity index is 3350. The summed E-state index contributed by atoms with van der Waals surface area (Å²) in [7, 11) is -1.83. The molecule has 0 fully saturated rings. The molecule has 0 unspecified atom stereocenters. The molecule has 0 saturated heterocycles.